The summed E-state index contributed by atoms with van der Waals surface area (Å²) < 4.78 is 12.8. The van der Waals surface area contributed by atoms with Crippen molar-refractivity contribution in [2.75, 3.05) is 6.61 Å². The van der Waals surface area contributed by atoms with Crippen LogP contribution in [0, 0.1) is 6.92 Å². The van der Waals surface area contributed by atoms with Gasteiger partial charge in [0.25, 0.3) is 11.7 Å². The van der Waals surface area contributed by atoms with Crippen molar-refractivity contribution < 1.29 is 23.8 Å². The van der Waals surface area contributed by atoms with E-state index in [1.165, 1.54) is 11.2 Å². The van der Waals surface area contributed by atoms with E-state index in [9.17, 15) is 14.7 Å². The number of carbonyl (C=O) groups excluding carboxylic acids is 2. The summed E-state index contributed by atoms with van der Waals surface area (Å²) in [5.41, 5.74) is 2.19. The van der Waals surface area contributed by atoms with Gasteiger partial charge < -0.3 is 19.2 Å². The number of fused-ring (bicyclic) bond motifs is 1. The number of carbonyl (C=O) groups is 2. The van der Waals surface area contributed by atoms with Gasteiger partial charge in [-0.3, -0.25) is 14.0 Å². The summed E-state index contributed by atoms with van der Waals surface area (Å²) in [6.07, 6.45) is 3.27. The molecule has 0 bridgehead atoms. The summed E-state index contributed by atoms with van der Waals surface area (Å²) >= 11 is 0. The summed E-state index contributed by atoms with van der Waals surface area (Å²) in [4.78, 5) is 32.4. The maximum absolute atomic E-state index is 13.3. The SMILES string of the molecule is CCOc1cccc(C2C(=C(O)c3c(C)nc4ccccn34)C(=O)C(=O)N2Cc2ccco2)c1. The molecule has 0 aliphatic carbocycles. The molecule has 4 heterocycles. The molecular formula is C26H23N3O5. The number of furan rings is 1. The first-order valence-corrected chi connectivity index (χ1v) is 11.0. The zero-order valence-electron chi connectivity index (χ0n) is 18.8. The fourth-order valence-electron chi connectivity index (χ4n) is 4.43. The zero-order valence-corrected chi connectivity index (χ0v) is 18.8. The molecule has 4 aromatic rings. The Morgan fingerprint density at radius 2 is 2.00 bits per heavy atom. The number of ether oxygens (including phenoxy) is 1. The van der Waals surface area contributed by atoms with Gasteiger partial charge in [0.1, 0.15) is 22.9 Å². The van der Waals surface area contributed by atoms with Crippen molar-refractivity contribution in [1.82, 2.24) is 14.3 Å². The van der Waals surface area contributed by atoms with Crippen LogP contribution in [0.4, 0.5) is 0 Å². The number of imidazole rings is 1. The van der Waals surface area contributed by atoms with Crippen LogP contribution in [0.25, 0.3) is 11.4 Å². The highest BCUT2D eigenvalue weighted by Crippen LogP contribution is 2.41. The second kappa shape index (κ2) is 8.55. The lowest BCUT2D eigenvalue weighted by Gasteiger charge is -2.25. The predicted molar refractivity (Wildman–Crippen MR) is 124 cm³/mol. The lowest BCUT2D eigenvalue weighted by atomic mass is 9.96. The second-order valence-electron chi connectivity index (χ2n) is 7.99. The fraction of sp³-hybridized carbons (Fsp3) is 0.192. The van der Waals surface area contributed by atoms with Crippen molar-refractivity contribution in [3.05, 3.63) is 95.3 Å². The average Bonchev–Trinajstić information content (AvgIpc) is 3.52. The van der Waals surface area contributed by atoms with Gasteiger partial charge in [-0.1, -0.05) is 18.2 Å². The van der Waals surface area contributed by atoms with Gasteiger partial charge in [0, 0.05) is 6.20 Å². The van der Waals surface area contributed by atoms with E-state index < -0.39 is 17.7 Å². The number of amides is 1. The summed E-state index contributed by atoms with van der Waals surface area (Å²) in [5, 5.41) is 11.5. The topological polar surface area (TPSA) is 97.3 Å². The van der Waals surface area contributed by atoms with Crippen molar-refractivity contribution in [3.8, 4) is 5.75 Å². The molecule has 1 aliphatic rings. The molecule has 8 heteroatoms. The molecule has 1 aromatic carbocycles. The highest BCUT2D eigenvalue weighted by molar-refractivity contribution is 6.46. The molecule has 5 rings (SSSR count). The Labute approximate surface area is 195 Å². The van der Waals surface area contributed by atoms with Gasteiger partial charge in [0.05, 0.1) is 36.7 Å². The summed E-state index contributed by atoms with van der Waals surface area (Å²) in [6.45, 7) is 4.18. The molecule has 1 N–H and O–H groups in total. The number of ketones is 1. The highest BCUT2D eigenvalue weighted by Gasteiger charge is 2.47. The first kappa shape index (κ1) is 21.5. The number of aliphatic hydroxyl groups excluding tert-OH is 1. The monoisotopic (exact) mass is 457 g/mol. The standard InChI is InChI=1S/C26H23N3O5/c1-3-33-18-9-6-8-17(14-18)23-21(25(31)26(32)29(23)15-19-10-7-13-34-19)24(30)22-16(2)27-20-11-4-5-12-28(20)22/h4-14,23,30H,3,15H2,1-2H3. The lowest BCUT2D eigenvalue weighted by molar-refractivity contribution is -0.140. The van der Waals surface area contributed by atoms with Crippen molar-refractivity contribution in [3.63, 3.8) is 0 Å². The van der Waals surface area contributed by atoms with E-state index in [1.807, 2.05) is 31.2 Å². The third kappa shape index (κ3) is 3.53. The van der Waals surface area contributed by atoms with Gasteiger partial charge in [-0.15, -0.1) is 0 Å². The van der Waals surface area contributed by atoms with Gasteiger partial charge >= 0.3 is 0 Å². The quantitative estimate of drug-likeness (QED) is 0.264. The van der Waals surface area contributed by atoms with Crippen LogP contribution in [-0.4, -0.2) is 37.7 Å². The fourth-order valence-corrected chi connectivity index (χ4v) is 4.43. The molecule has 1 unspecified atom stereocenters. The normalized spacial score (nSPS) is 17.6. The number of nitrogens with zero attached hydrogens (tertiary/aromatic N) is 3. The molecule has 8 nitrogen and oxygen atoms in total. The number of benzene rings is 1. The van der Waals surface area contributed by atoms with E-state index in [-0.39, 0.29) is 17.9 Å². The Balaban J connectivity index is 1.72. The van der Waals surface area contributed by atoms with Crippen molar-refractivity contribution in [2.45, 2.75) is 26.4 Å². The molecule has 3 aromatic heterocycles. The second-order valence-corrected chi connectivity index (χ2v) is 7.99. The first-order valence-electron chi connectivity index (χ1n) is 11.0. The van der Waals surface area contributed by atoms with Crippen LogP contribution >= 0.6 is 0 Å². The van der Waals surface area contributed by atoms with E-state index in [4.69, 9.17) is 9.15 Å². The van der Waals surface area contributed by atoms with E-state index >= 15 is 0 Å². The Bertz CT molecular complexity index is 1420. The number of rotatable bonds is 6. The number of aryl methyl sites for hydroxylation is 1. The molecule has 34 heavy (non-hydrogen) atoms. The Hall–Kier alpha value is -4.33. The Kier molecular flexibility index (Phi) is 5.41. The summed E-state index contributed by atoms with van der Waals surface area (Å²) in [7, 11) is 0. The number of Topliss-reactive ketones (excluding diaryl/α,β-unsaturated/α-hetero) is 1. The Morgan fingerprint density at radius 3 is 2.76 bits per heavy atom. The van der Waals surface area contributed by atoms with E-state index in [2.05, 4.69) is 4.98 Å². The van der Waals surface area contributed by atoms with Crippen LogP contribution in [-0.2, 0) is 16.1 Å². The number of likely N-dealkylation sites (tertiary alicyclic amines) is 1. The minimum atomic E-state index is -0.834. The largest absolute Gasteiger partial charge is 0.505 e. The minimum Gasteiger partial charge on any atom is -0.505 e. The molecule has 1 amide bonds. The van der Waals surface area contributed by atoms with Gasteiger partial charge in [-0.25, -0.2) is 4.98 Å². The number of aliphatic hydroxyl groups is 1. The van der Waals surface area contributed by atoms with Crippen LogP contribution in [0.3, 0.4) is 0 Å². The van der Waals surface area contributed by atoms with E-state index in [0.717, 1.165) is 0 Å². The van der Waals surface area contributed by atoms with Crippen molar-refractivity contribution >= 4 is 23.1 Å². The van der Waals surface area contributed by atoms with Crippen molar-refractivity contribution in [1.29, 1.82) is 0 Å². The molecular weight excluding hydrogens is 434 g/mol. The van der Waals surface area contributed by atoms with Crippen LogP contribution in [0.5, 0.6) is 5.75 Å². The van der Waals surface area contributed by atoms with Crippen molar-refractivity contribution in [2.24, 2.45) is 0 Å². The number of pyridine rings is 1. The zero-order chi connectivity index (χ0) is 23.8. The molecule has 1 saturated heterocycles. The Morgan fingerprint density at radius 1 is 1.15 bits per heavy atom. The first-order chi connectivity index (χ1) is 16.5. The van der Waals surface area contributed by atoms with Gasteiger partial charge in [-0.05, 0) is 55.8 Å². The van der Waals surface area contributed by atoms with Crippen LogP contribution < -0.4 is 4.74 Å². The van der Waals surface area contributed by atoms with E-state index in [1.54, 1.807) is 47.9 Å². The molecule has 0 spiro atoms. The van der Waals surface area contributed by atoms with E-state index in [0.29, 0.717) is 40.7 Å². The smallest absolute Gasteiger partial charge is 0.296 e. The van der Waals surface area contributed by atoms with Crippen LogP contribution in [0.15, 0.2) is 77.0 Å². The van der Waals surface area contributed by atoms with Gasteiger partial charge in [0.15, 0.2) is 5.76 Å². The number of hydrogen-bond donors (Lipinski definition) is 1. The molecule has 1 atom stereocenters. The maximum Gasteiger partial charge on any atom is 0.296 e. The number of hydrogen-bond acceptors (Lipinski definition) is 6. The highest BCUT2D eigenvalue weighted by atomic mass is 16.5. The molecule has 0 radical (unpaired) electrons. The third-order valence-corrected chi connectivity index (χ3v) is 5.86. The molecule has 1 aliphatic heterocycles. The maximum atomic E-state index is 13.3. The summed E-state index contributed by atoms with van der Waals surface area (Å²) in [6, 6.07) is 15.3. The van der Waals surface area contributed by atoms with Gasteiger partial charge in [0.2, 0.25) is 0 Å². The molecule has 0 saturated carbocycles. The van der Waals surface area contributed by atoms with Crippen LogP contribution in [0.1, 0.15) is 35.7 Å². The van der Waals surface area contributed by atoms with Crippen LogP contribution in [0.2, 0.25) is 0 Å². The lowest BCUT2D eigenvalue weighted by Crippen LogP contribution is -2.29. The third-order valence-electron chi connectivity index (χ3n) is 5.86. The van der Waals surface area contributed by atoms with Gasteiger partial charge in [-0.2, -0.15) is 0 Å². The number of aromatic nitrogens is 2. The molecule has 172 valence electrons. The predicted octanol–water partition coefficient (Wildman–Crippen LogP) is 4.26. The average molecular weight is 457 g/mol. The molecule has 1 fully saturated rings. The summed E-state index contributed by atoms with van der Waals surface area (Å²) in [5.74, 6) is -0.617. The minimum absolute atomic E-state index is 0.000965.